The van der Waals surface area contributed by atoms with Gasteiger partial charge in [-0.05, 0) is 86.8 Å². The topological polar surface area (TPSA) is 25.3 Å². The van der Waals surface area contributed by atoms with Crippen molar-refractivity contribution in [3.63, 3.8) is 0 Å². The Morgan fingerprint density at radius 1 is 0.415 bits per heavy atom. The summed E-state index contributed by atoms with van der Waals surface area (Å²) in [4.78, 5) is 0. The monoisotopic (exact) mass is 554 g/mol. The number of unbranched alkanes of at least 4 members (excludes halogenated alkanes) is 11. The van der Waals surface area contributed by atoms with Gasteiger partial charge in [0, 0.05) is 22.3 Å². The van der Waals surface area contributed by atoms with E-state index in [0.717, 1.165) is 48.2 Å². The van der Waals surface area contributed by atoms with Gasteiger partial charge in [-0.25, -0.2) is 4.70 Å². The molecule has 2 nitrogen and oxygen atoms in total. The molecule has 0 fully saturated rings. The van der Waals surface area contributed by atoms with Crippen molar-refractivity contribution in [1.82, 2.24) is 0 Å². The van der Waals surface area contributed by atoms with E-state index in [2.05, 4.69) is 76.2 Å². The summed E-state index contributed by atoms with van der Waals surface area (Å²) in [6, 6.07) is 18.1. The summed E-state index contributed by atoms with van der Waals surface area (Å²) in [7, 11) is 0. The van der Waals surface area contributed by atoms with Crippen LogP contribution in [0, 0.1) is 0 Å². The summed E-state index contributed by atoms with van der Waals surface area (Å²) >= 11 is 0. The lowest BCUT2D eigenvalue weighted by Gasteiger charge is -2.11. The van der Waals surface area contributed by atoms with Crippen molar-refractivity contribution in [2.24, 2.45) is 0 Å². The van der Waals surface area contributed by atoms with Crippen LogP contribution in [0.25, 0.3) is 16.9 Å². The van der Waals surface area contributed by atoms with Crippen LogP contribution in [0.4, 0.5) is 0 Å². The first-order chi connectivity index (χ1) is 20.1. The zero-order chi connectivity index (χ0) is 29.3. The van der Waals surface area contributed by atoms with Gasteiger partial charge in [-0.2, -0.15) is 0 Å². The number of rotatable bonds is 21. The zero-order valence-corrected chi connectivity index (χ0v) is 26.9. The molecule has 1 aliphatic rings. The predicted octanol–water partition coefficient (Wildman–Crippen LogP) is 12.7. The van der Waals surface area contributed by atoms with Gasteiger partial charge in [-0.15, -0.1) is 0 Å². The molecule has 3 rings (SSSR count). The average molecular weight is 555 g/mol. The number of hydrogen-bond donors (Lipinski definition) is 0. The maximum Gasteiger partial charge on any atom is 0.211 e. The second-order valence-corrected chi connectivity index (χ2v) is 12.2. The van der Waals surface area contributed by atoms with Gasteiger partial charge in [-0.1, -0.05) is 123 Å². The van der Waals surface area contributed by atoms with Gasteiger partial charge in [0.25, 0.3) is 0 Å². The highest BCUT2D eigenvalue weighted by atomic mass is 15.2. The molecule has 1 aliphatic heterocycles. The van der Waals surface area contributed by atoms with Gasteiger partial charge >= 0.3 is 0 Å². The Morgan fingerprint density at radius 2 is 0.756 bits per heavy atom. The minimum absolute atomic E-state index is 1.01. The molecule has 2 heteroatoms. The van der Waals surface area contributed by atoms with Crippen molar-refractivity contribution < 1.29 is 4.70 Å². The number of aryl methyl sites for hydroxylation is 2. The van der Waals surface area contributed by atoms with Crippen LogP contribution in [0.2, 0.25) is 0 Å². The van der Waals surface area contributed by atoms with Crippen molar-refractivity contribution >= 4 is 11.4 Å². The van der Waals surface area contributed by atoms with Gasteiger partial charge in [0.1, 0.15) is 0 Å². The molecule has 0 N–H and O–H groups in total. The molecule has 2 aromatic rings. The van der Waals surface area contributed by atoms with Crippen molar-refractivity contribution in [2.75, 3.05) is 0 Å². The summed E-state index contributed by atoms with van der Waals surface area (Å²) in [6.07, 6.45) is 23.3. The molecular formula is C39H58N2. The molecule has 41 heavy (non-hydrogen) atoms. The highest BCUT2D eigenvalue weighted by molar-refractivity contribution is 5.82. The lowest BCUT2D eigenvalue weighted by atomic mass is 9.91. The van der Waals surface area contributed by atoms with Crippen LogP contribution in [-0.4, -0.2) is 4.70 Å². The number of nitrogens with zero attached hydrogens (tertiary/aromatic N) is 2. The number of allylic oxidation sites excluding steroid dienone is 2. The lowest BCUT2D eigenvalue weighted by Crippen LogP contribution is -2.03. The summed E-state index contributed by atoms with van der Waals surface area (Å²) in [5, 5.41) is 0. The van der Waals surface area contributed by atoms with E-state index in [0.29, 0.717) is 0 Å². The molecular weight excluding hydrogens is 496 g/mol. The van der Waals surface area contributed by atoms with Gasteiger partial charge in [0.2, 0.25) is 11.4 Å². The molecule has 0 bridgehead atoms. The molecule has 0 saturated heterocycles. The third-order valence-corrected chi connectivity index (χ3v) is 8.76. The van der Waals surface area contributed by atoms with E-state index in [1.165, 1.54) is 119 Å². The molecule has 0 unspecified atom stereocenters. The molecule has 0 atom stereocenters. The fourth-order valence-corrected chi connectivity index (χ4v) is 6.21. The summed E-state index contributed by atoms with van der Waals surface area (Å²) in [6.45, 7) is 9.08. The van der Waals surface area contributed by atoms with Crippen molar-refractivity contribution in [3.8, 4) is 0 Å². The van der Waals surface area contributed by atoms with Crippen LogP contribution in [0.3, 0.4) is 0 Å². The Labute approximate surface area is 252 Å². The molecule has 224 valence electrons. The molecule has 0 radical (unpaired) electrons. The van der Waals surface area contributed by atoms with Crippen molar-refractivity contribution in [3.05, 3.63) is 87.5 Å². The summed E-state index contributed by atoms with van der Waals surface area (Å²) in [5.41, 5.74) is 21.7. The van der Waals surface area contributed by atoms with Gasteiger partial charge in [-0.3, -0.25) is 0 Å². The van der Waals surface area contributed by atoms with Crippen LogP contribution < -0.4 is 0 Å². The summed E-state index contributed by atoms with van der Waals surface area (Å²) in [5.74, 6) is 0. The number of hydrogen-bond acceptors (Lipinski definition) is 0. The molecule has 2 aromatic carbocycles. The van der Waals surface area contributed by atoms with Crippen LogP contribution >= 0.6 is 0 Å². The quantitative estimate of drug-likeness (QED) is 0.108. The van der Waals surface area contributed by atoms with Crippen LogP contribution in [0.5, 0.6) is 0 Å². The van der Waals surface area contributed by atoms with Crippen molar-refractivity contribution in [1.29, 1.82) is 0 Å². The smallest absolute Gasteiger partial charge is 0.211 e. The third kappa shape index (κ3) is 10.1. The second-order valence-electron chi connectivity index (χ2n) is 12.2. The Hall–Kier alpha value is -2.48. The SMILES string of the molecule is CCCCCCCCc1ccc(C2=C(CCCCCC)C(CCCCC)=C(c3ccc(CCCC)cc3)[N+]2=[N-])cc1. The van der Waals surface area contributed by atoms with E-state index in [-0.39, 0.29) is 0 Å². The molecule has 0 aliphatic carbocycles. The highest BCUT2D eigenvalue weighted by Crippen LogP contribution is 2.44. The lowest BCUT2D eigenvalue weighted by molar-refractivity contribution is -0.345. The second kappa shape index (κ2) is 18.9. The molecule has 0 aromatic heterocycles. The minimum Gasteiger partial charge on any atom is -0.493 e. The first-order valence-corrected chi connectivity index (χ1v) is 17.3. The van der Waals surface area contributed by atoms with E-state index >= 15 is 0 Å². The highest BCUT2D eigenvalue weighted by Gasteiger charge is 2.35. The maximum absolute atomic E-state index is 11.9. The van der Waals surface area contributed by atoms with Crippen molar-refractivity contribution in [2.45, 2.75) is 150 Å². The maximum atomic E-state index is 11.9. The average Bonchev–Trinajstić information content (AvgIpc) is 3.27. The third-order valence-electron chi connectivity index (χ3n) is 8.76. The van der Waals surface area contributed by atoms with Gasteiger partial charge in [0.15, 0.2) is 0 Å². The summed E-state index contributed by atoms with van der Waals surface area (Å²) < 4.78 is 1.56. The van der Waals surface area contributed by atoms with E-state index in [1.54, 1.807) is 4.70 Å². The zero-order valence-electron chi connectivity index (χ0n) is 26.9. The minimum atomic E-state index is 1.01. The fourth-order valence-electron chi connectivity index (χ4n) is 6.21. The Balaban J connectivity index is 1.89. The first-order valence-electron chi connectivity index (χ1n) is 17.3. The Kier molecular flexibility index (Phi) is 15.2. The van der Waals surface area contributed by atoms with Crippen LogP contribution in [0.1, 0.15) is 159 Å². The van der Waals surface area contributed by atoms with Crippen LogP contribution in [0.15, 0.2) is 59.7 Å². The van der Waals surface area contributed by atoms with Crippen LogP contribution in [-0.2, 0) is 12.8 Å². The first kappa shape index (κ1) is 33.0. The molecule has 0 spiro atoms. The van der Waals surface area contributed by atoms with E-state index in [9.17, 15) is 5.53 Å². The standard InChI is InChI=1S/C39H58N2/c1-5-9-13-15-16-18-21-33-26-30-35(31-27-33)39-37(23-19-14-10-6-2)36(22-17-11-7-3)38(41(39)40)34-28-24-32(25-29-34)20-12-8-4/h24-31H,5-23H2,1-4H3. The van der Waals surface area contributed by atoms with E-state index in [1.807, 2.05) is 0 Å². The predicted molar refractivity (Wildman–Crippen MR) is 179 cm³/mol. The number of benzene rings is 2. The van der Waals surface area contributed by atoms with E-state index < -0.39 is 0 Å². The fraction of sp³-hybridized carbons (Fsp3) is 0.590. The normalized spacial score (nSPS) is 13.6. The van der Waals surface area contributed by atoms with Gasteiger partial charge < -0.3 is 5.53 Å². The molecule has 0 saturated carbocycles. The molecule has 1 heterocycles. The Morgan fingerprint density at radius 3 is 1.24 bits per heavy atom. The molecule has 0 amide bonds. The largest absolute Gasteiger partial charge is 0.493 e. The van der Waals surface area contributed by atoms with Gasteiger partial charge in [0.05, 0.1) is 0 Å². The Bertz CT molecular complexity index is 1100. The van der Waals surface area contributed by atoms with E-state index in [4.69, 9.17) is 0 Å².